The van der Waals surface area contributed by atoms with E-state index >= 15 is 0 Å². The van der Waals surface area contributed by atoms with Crippen molar-refractivity contribution in [3.63, 3.8) is 0 Å². The van der Waals surface area contributed by atoms with E-state index in [0.717, 1.165) is 95.8 Å². The van der Waals surface area contributed by atoms with Crippen LogP contribution in [-0.2, 0) is 65.4 Å². The summed E-state index contributed by atoms with van der Waals surface area (Å²) in [5.41, 5.74) is 0. The van der Waals surface area contributed by atoms with Gasteiger partial charge in [-0.3, -0.25) is 37.3 Å². The van der Waals surface area contributed by atoms with E-state index in [1.165, 1.54) is 289 Å². The number of hydrogen-bond donors (Lipinski definition) is 3. The Morgan fingerprint density at radius 1 is 0.257 bits per heavy atom. The molecule has 0 aliphatic heterocycles. The van der Waals surface area contributed by atoms with Gasteiger partial charge in [0.25, 0.3) is 0 Å². The van der Waals surface area contributed by atoms with Crippen LogP contribution in [0, 0.1) is 5.92 Å². The SMILES string of the molecule is CCCCCCCCCCCCCCCCCCCCCCCCC(=O)O[C@H](COC(=O)CCCCCCCCCCCCCCCCCCCC)COP(=O)(O)OC[C@@H](O)COP(=O)(O)OC[C@@H](COC(=O)CCCCCCCCCCCC(C)C)OC(=O)CCCCCCCCCCCCCCC. The van der Waals surface area contributed by atoms with Crippen LogP contribution >= 0.6 is 15.6 Å². The number of hydrogen-bond acceptors (Lipinski definition) is 15. The molecule has 0 radical (unpaired) electrons. The Kier molecular flexibility index (Phi) is 77.3. The molecule has 19 heteroatoms. The molecule has 105 heavy (non-hydrogen) atoms. The number of rotatable bonds is 86. The molecule has 0 heterocycles. The first-order valence-corrected chi connectivity index (χ1v) is 47.6. The summed E-state index contributed by atoms with van der Waals surface area (Å²) in [4.78, 5) is 73.2. The number of unbranched alkanes of at least 4 members (excludes halogenated alkanes) is 58. The van der Waals surface area contributed by atoms with Crippen LogP contribution in [0.15, 0.2) is 0 Å². The molecule has 5 atom stereocenters. The van der Waals surface area contributed by atoms with E-state index in [9.17, 15) is 43.2 Å². The third-order valence-electron chi connectivity index (χ3n) is 20.3. The summed E-state index contributed by atoms with van der Waals surface area (Å²) in [6.45, 7) is 7.34. The minimum absolute atomic E-state index is 0.108. The smallest absolute Gasteiger partial charge is 0.462 e. The van der Waals surface area contributed by atoms with Crippen molar-refractivity contribution in [1.29, 1.82) is 0 Å². The molecule has 0 aromatic carbocycles. The molecule has 0 aromatic rings. The average molecular weight is 1540 g/mol. The number of phosphoric ester groups is 2. The van der Waals surface area contributed by atoms with Crippen LogP contribution in [0.3, 0.4) is 0 Å². The van der Waals surface area contributed by atoms with Crippen molar-refractivity contribution in [1.82, 2.24) is 0 Å². The fraction of sp³-hybridized carbons (Fsp3) is 0.953. The Morgan fingerprint density at radius 2 is 0.438 bits per heavy atom. The quantitative estimate of drug-likeness (QED) is 0.0222. The zero-order chi connectivity index (χ0) is 76.9. The van der Waals surface area contributed by atoms with Crippen LogP contribution in [0.2, 0.25) is 0 Å². The highest BCUT2D eigenvalue weighted by molar-refractivity contribution is 7.47. The normalized spacial score (nSPS) is 13.8. The predicted octanol–water partition coefficient (Wildman–Crippen LogP) is 26.4. The van der Waals surface area contributed by atoms with Gasteiger partial charge in [0, 0.05) is 25.7 Å². The lowest BCUT2D eigenvalue weighted by molar-refractivity contribution is -0.161. The highest BCUT2D eigenvalue weighted by Gasteiger charge is 2.30. The molecular formula is C86H168O17P2. The zero-order valence-corrected chi connectivity index (χ0v) is 70.7. The minimum Gasteiger partial charge on any atom is -0.462 e. The van der Waals surface area contributed by atoms with E-state index in [0.29, 0.717) is 25.7 Å². The van der Waals surface area contributed by atoms with Crippen LogP contribution < -0.4 is 0 Å². The van der Waals surface area contributed by atoms with Crippen molar-refractivity contribution in [2.75, 3.05) is 39.6 Å². The molecule has 0 aromatic heterocycles. The maximum atomic E-state index is 13.1. The van der Waals surface area contributed by atoms with Gasteiger partial charge in [-0.2, -0.15) is 0 Å². The Hall–Kier alpha value is -1.94. The third kappa shape index (κ3) is 79.9. The van der Waals surface area contributed by atoms with Crippen LogP contribution in [0.1, 0.15) is 465 Å². The van der Waals surface area contributed by atoms with Gasteiger partial charge >= 0.3 is 39.5 Å². The Labute approximate surface area is 645 Å². The lowest BCUT2D eigenvalue weighted by Crippen LogP contribution is -2.30. The second-order valence-electron chi connectivity index (χ2n) is 31.4. The van der Waals surface area contributed by atoms with Crippen molar-refractivity contribution in [2.45, 2.75) is 483 Å². The molecule has 0 aliphatic carbocycles. The molecule has 0 saturated carbocycles. The van der Waals surface area contributed by atoms with Gasteiger partial charge in [0.1, 0.15) is 19.3 Å². The van der Waals surface area contributed by atoms with Crippen molar-refractivity contribution in [3.8, 4) is 0 Å². The fourth-order valence-electron chi connectivity index (χ4n) is 13.5. The molecule has 0 fully saturated rings. The van der Waals surface area contributed by atoms with Crippen LogP contribution in [0.25, 0.3) is 0 Å². The van der Waals surface area contributed by atoms with Gasteiger partial charge in [-0.05, 0) is 31.6 Å². The maximum absolute atomic E-state index is 13.1. The monoisotopic (exact) mass is 1540 g/mol. The first kappa shape index (κ1) is 103. The van der Waals surface area contributed by atoms with E-state index in [1.54, 1.807) is 0 Å². The van der Waals surface area contributed by atoms with Gasteiger partial charge in [-0.25, -0.2) is 9.13 Å². The standard InChI is InChI=1S/C86H168O17P2/c1-6-9-12-15-18-21-24-27-29-31-33-34-35-36-38-40-43-46-51-57-62-67-72-86(91)102-81(75-96-83(88)69-64-59-54-49-44-42-39-37-32-30-28-25-22-19-16-13-10-7-2)77-100-104(92,93)98-73-80(87)74-99-105(94,95)101-78-82(76-97-84(89)70-65-60-55-52-47-48-53-58-63-68-79(4)5)103-85(90)71-66-61-56-50-45-41-26-23-20-17-14-11-8-3/h79-82,87H,6-78H2,1-5H3,(H,92,93)(H,94,95)/t80-,81-,82-/m1/s1. The summed E-state index contributed by atoms with van der Waals surface area (Å²) in [6, 6.07) is 0. The van der Waals surface area contributed by atoms with E-state index in [-0.39, 0.29) is 25.7 Å². The van der Waals surface area contributed by atoms with Crippen molar-refractivity contribution in [2.24, 2.45) is 5.92 Å². The lowest BCUT2D eigenvalue weighted by Gasteiger charge is -2.21. The van der Waals surface area contributed by atoms with E-state index < -0.39 is 97.5 Å². The summed E-state index contributed by atoms with van der Waals surface area (Å²) < 4.78 is 68.9. The highest BCUT2D eigenvalue weighted by Crippen LogP contribution is 2.45. The van der Waals surface area contributed by atoms with Gasteiger partial charge in [-0.15, -0.1) is 0 Å². The van der Waals surface area contributed by atoms with Crippen molar-refractivity contribution in [3.05, 3.63) is 0 Å². The van der Waals surface area contributed by atoms with Crippen molar-refractivity contribution < 1.29 is 80.2 Å². The summed E-state index contributed by atoms with van der Waals surface area (Å²) in [6.07, 6.45) is 72.3. The molecule has 3 N–H and O–H groups in total. The molecule has 0 rings (SSSR count). The highest BCUT2D eigenvalue weighted by atomic mass is 31.2. The number of ether oxygens (including phenoxy) is 4. The molecular weight excluding hydrogens is 1370 g/mol. The van der Waals surface area contributed by atoms with E-state index in [4.69, 9.17) is 37.0 Å². The molecule has 0 aliphatic rings. The van der Waals surface area contributed by atoms with E-state index in [1.807, 2.05) is 0 Å². The summed E-state index contributed by atoms with van der Waals surface area (Å²) in [5, 5.41) is 10.7. The number of aliphatic hydroxyl groups excluding tert-OH is 1. The molecule has 0 amide bonds. The maximum Gasteiger partial charge on any atom is 0.472 e. The van der Waals surface area contributed by atoms with E-state index in [2.05, 4.69) is 34.6 Å². The second kappa shape index (κ2) is 78.7. The first-order chi connectivity index (χ1) is 51.0. The van der Waals surface area contributed by atoms with Gasteiger partial charge in [0.2, 0.25) is 0 Å². The minimum atomic E-state index is -4.97. The largest absolute Gasteiger partial charge is 0.472 e. The molecule has 0 saturated heterocycles. The summed E-state index contributed by atoms with van der Waals surface area (Å²) >= 11 is 0. The van der Waals surface area contributed by atoms with Crippen LogP contribution in [-0.4, -0.2) is 96.7 Å². The predicted molar refractivity (Wildman–Crippen MR) is 432 cm³/mol. The number of phosphoric acid groups is 2. The Morgan fingerprint density at radius 3 is 0.648 bits per heavy atom. The van der Waals surface area contributed by atoms with Crippen molar-refractivity contribution >= 4 is 39.5 Å². The zero-order valence-electron chi connectivity index (χ0n) is 68.9. The van der Waals surface area contributed by atoms with Gasteiger partial charge in [-0.1, -0.05) is 413 Å². The van der Waals surface area contributed by atoms with Gasteiger partial charge in [0.05, 0.1) is 26.4 Å². The van der Waals surface area contributed by atoms with Crippen LogP contribution in [0.4, 0.5) is 0 Å². The molecule has 17 nitrogen and oxygen atoms in total. The number of aliphatic hydroxyl groups is 1. The number of carbonyl (C=O) groups excluding carboxylic acids is 4. The second-order valence-corrected chi connectivity index (χ2v) is 34.3. The molecule has 2 unspecified atom stereocenters. The number of carbonyl (C=O) groups is 4. The Bertz CT molecular complexity index is 2000. The lowest BCUT2D eigenvalue weighted by atomic mass is 10.0. The molecule has 624 valence electrons. The topological polar surface area (TPSA) is 237 Å². The van der Waals surface area contributed by atoms with Crippen LogP contribution in [0.5, 0.6) is 0 Å². The molecule has 0 bridgehead atoms. The average Bonchev–Trinajstić information content (AvgIpc) is 0.917. The molecule has 0 spiro atoms. The third-order valence-corrected chi connectivity index (χ3v) is 22.2. The van der Waals surface area contributed by atoms with Gasteiger partial charge in [0.15, 0.2) is 12.2 Å². The first-order valence-electron chi connectivity index (χ1n) is 44.6. The van der Waals surface area contributed by atoms with Gasteiger partial charge < -0.3 is 33.8 Å². The summed E-state index contributed by atoms with van der Waals surface area (Å²) in [5.74, 6) is -1.36. The Balaban J connectivity index is 5.22. The number of esters is 4. The summed E-state index contributed by atoms with van der Waals surface area (Å²) in [7, 11) is -9.93. The fourth-order valence-corrected chi connectivity index (χ4v) is 15.1.